The molecule has 2 rings (SSSR count). The van der Waals surface area contributed by atoms with E-state index >= 15 is 0 Å². The maximum atomic E-state index is 8.93. The summed E-state index contributed by atoms with van der Waals surface area (Å²) in [5.41, 5.74) is 9.82. The van der Waals surface area contributed by atoms with E-state index in [0.717, 1.165) is 22.4 Å². The highest BCUT2D eigenvalue weighted by molar-refractivity contribution is 6.17. The van der Waals surface area contributed by atoms with Gasteiger partial charge in [0, 0.05) is 23.7 Å². The Labute approximate surface area is 118 Å². The molecule has 0 saturated carbocycles. The van der Waals surface area contributed by atoms with E-state index in [-0.39, 0.29) is 12.6 Å². The van der Waals surface area contributed by atoms with Crippen molar-refractivity contribution < 1.29 is 5.11 Å². The maximum absolute atomic E-state index is 8.93. The third-order valence-corrected chi connectivity index (χ3v) is 3.27. The van der Waals surface area contributed by atoms with Crippen molar-refractivity contribution in [1.82, 2.24) is 4.98 Å². The third-order valence-electron chi connectivity index (χ3n) is 2.96. The summed E-state index contributed by atoms with van der Waals surface area (Å²) < 4.78 is 0. The summed E-state index contributed by atoms with van der Waals surface area (Å²) in [6.07, 6.45) is 2.47. The minimum absolute atomic E-state index is 0.00317. The van der Waals surface area contributed by atoms with Crippen LogP contribution in [0.3, 0.4) is 0 Å². The summed E-state index contributed by atoms with van der Waals surface area (Å²) in [5, 5.41) is 8.93. The molecule has 0 amide bonds. The molecular weight excluding hydrogens is 260 g/mol. The van der Waals surface area contributed by atoms with Gasteiger partial charge >= 0.3 is 0 Å². The first-order chi connectivity index (χ1) is 9.22. The van der Waals surface area contributed by atoms with Crippen LogP contribution in [0, 0.1) is 0 Å². The first-order valence-corrected chi connectivity index (χ1v) is 6.73. The number of hydrogen-bond donors (Lipinski definition) is 2. The molecule has 0 saturated heterocycles. The van der Waals surface area contributed by atoms with Gasteiger partial charge < -0.3 is 10.8 Å². The van der Waals surface area contributed by atoms with Crippen LogP contribution in [0.4, 0.5) is 0 Å². The van der Waals surface area contributed by atoms with Crippen molar-refractivity contribution in [1.29, 1.82) is 0 Å². The van der Waals surface area contributed by atoms with Crippen molar-refractivity contribution in [2.24, 2.45) is 5.73 Å². The molecular formula is C15H17ClN2O. The fourth-order valence-corrected chi connectivity index (χ4v) is 2.01. The average molecular weight is 277 g/mol. The van der Waals surface area contributed by atoms with Gasteiger partial charge in [-0.1, -0.05) is 30.3 Å². The molecule has 100 valence electrons. The Morgan fingerprint density at radius 1 is 1.11 bits per heavy atom. The molecule has 0 radical (unpaired) electrons. The van der Waals surface area contributed by atoms with Gasteiger partial charge in [-0.25, -0.2) is 0 Å². The van der Waals surface area contributed by atoms with Gasteiger partial charge in [0.15, 0.2) is 0 Å². The van der Waals surface area contributed by atoms with Gasteiger partial charge in [-0.3, -0.25) is 4.98 Å². The van der Waals surface area contributed by atoms with Crippen molar-refractivity contribution >= 4 is 11.6 Å². The molecule has 0 aliphatic heterocycles. The van der Waals surface area contributed by atoms with E-state index in [1.165, 1.54) is 0 Å². The Kier molecular flexibility index (Phi) is 4.91. The lowest BCUT2D eigenvalue weighted by atomic mass is 10.0. The lowest BCUT2D eigenvalue weighted by Crippen LogP contribution is -2.26. The van der Waals surface area contributed by atoms with Crippen LogP contribution in [-0.2, 0) is 12.3 Å². The molecule has 3 N–H and O–H groups in total. The predicted molar refractivity (Wildman–Crippen MR) is 78.0 cm³/mol. The number of alkyl halides is 1. The zero-order valence-electron chi connectivity index (χ0n) is 10.6. The second-order valence-electron chi connectivity index (χ2n) is 4.53. The van der Waals surface area contributed by atoms with Crippen LogP contribution in [0.25, 0.3) is 11.3 Å². The summed E-state index contributed by atoms with van der Waals surface area (Å²) in [4.78, 5) is 4.38. The van der Waals surface area contributed by atoms with Gasteiger partial charge in [0.1, 0.15) is 0 Å². The van der Waals surface area contributed by atoms with Gasteiger partial charge in [0.2, 0.25) is 0 Å². The van der Waals surface area contributed by atoms with Crippen LogP contribution >= 0.6 is 11.6 Å². The lowest BCUT2D eigenvalue weighted by molar-refractivity contribution is 0.265. The highest BCUT2D eigenvalue weighted by Gasteiger charge is 2.04. The Bertz CT molecular complexity index is 511. The highest BCUT2D eigenvalue weighted by atomic mass is 35.5. The first-order valence-electron chi connectivity index (χ1n) is 6.19. The molecule has 1 aromatic carbocycles. The van der Waals surface area contributed by atoms with E-state index in [2.05, 4.69) is 4.98 Å². The number of benzene rings is 1. The molecule has 19 heavy (non-hydrogen) atoms. The molecule has 1 aromatic heterocycles. The van der Waals surface area contributed by atoms with Crippen molar-refractivity contribution in [3.8, 4) is 11.3 Å². The molecule has 0 aliphatic rings. The summed E-state index contributed by atoms with van der Waals surface area (Å²) in [6.45, 7) is 0.00317. The van der Waals surface area contributed by atoms with E-state index < -0.39 is 0 Å². The van der Waals surface area contributed by atoms with E-state index in [0.29, 0.717) is 12.3 Å². The Morgan fingerprint density at radius 2 is 1.79 bits per heavy atom. The van der Waals surface area contributed by atoms with E-state index in [9.17, 15) is 0 Å². The molecule has 1 heterocycles. The molecule has 1 atom stereocenters. The fraction of sp³-hybridized carbons (Fsp3) is 0.267. The van der Waals surface area contributed by atoms with Crippen LogP contribution in [0.2, 0.25) is 0 Å². The van der Waals surface area contributed by atoms with Crippen molar-refractivity contribution in [2.45, 2.75) is 18.3 Å². The summed E-state index contributed by atoms with van der Waals surface area (Å²) in [7, 11) is 0. The Morgan fingerprint density at radius 3 is 2.32 bits per heavy atom. The van der Waals surface area contributed by atoms with Crippen LogP contribution in [0.1, 0.15) is 11.1 Å². The molecule has 0 fully saturated rings. The van der Waals surface area contributed by atoms with E-state index in [4.69, 9.17) is 22.4 Å². The largest absolute Gasteiger partial charge is 0.395 e. The third kappa shape index (κ3) is 3.77. The van der Waals surface area contributed by atoms with Crippen LogP contribution in [0.15, 0.2) is 42.6 Å². The van der Waals surface area contributed by atoms with E-state index in [1.807, 2.05) is 36.4 Å². The van der Waals surface area contributed by atoms with Gasteiger partial charge in [0.05, 0.1) is 12.3 Å². The molecule has 0 aliphatic carbocycles. The second-order valence-corrected chi connectivity index (χ2v) is 4.80. The number of aromatic nitrogens is 1. The van der Waals surface area contributed by atoms with E-state index in [1.54, 1.807) is 6.20 Å². The van der Waals surface area contributed by atoms with Crippen LogP contribution < -0.4 is 5.73 Å². The van der Waals surface area contributed by atoms with Crippen LogP contribution in [-0.4, -0.2) is 22.7 Å². The smallest absolute Gasteiger partial charge is 0.0702 e. The van der Waals surface area contributed by atoms with Gasteiger partial charge in [-0.2, -0.15) is 0 Å². The van der Waals surface area contributed by atoms with Crippen LogP contribution in [0.5, 0.6) is 0 Å². The van der Waals surface area contributed by atoms with Gasteiger partial charge in [-0.05, 0) is 23.6 Å². The summed E-state index contributed by atoms with van der Waals surface area (Å²) in [6, 6.07) is 11.8. The number of nitrogens with two attached hydrogens (primary N) is 1. The Balaban J connectivity index is 2.12. The summed E-state index contributed by atoms with van der Waals surface area (Å²) >= 11 is 5.74. The number of aliphatic hydroxyl groups is 1. The number of aliphatic hydroxyl groups excluding tert-OH is 1. The minimum Gasteiger partial charge on any atom is -0.395 e. The number of hydrogen-bond acceptors (Lipinski definition) is 3. The number of rotatable bonds is 5. The molecule has 3 nitrogen and oxygen atoms in total. The van der Waals surface area contributed by atoms with Gasteiger partial charge in [0.25, 0.3) is 0 Å². The normalized spacial score (nSPS) is 12.4. The SMILES string of the molecule is NC(CO)Cc1ccc(-c2ccc(CCl)cn2)cc1. The number of nitrogens with zero attached hydrogens (tertiary/aromatic N) is 1. The highest BCUT2D eigenvalue weighted by Crippen LogP contribution is 2.18. The monoisotopic (exact) mass is 276 g/mol. The number of halogens is 1. The molecule has 0 bridgehead atoms. The molecule has 1 unspecified atom stereocenters. The van der Waals surface area contributed by atoms with Gasteiger partial charge in [-0.15, -0.1) is 11.6 Å². The fourth-order valence-electron chi connectivity index (χ4n) is 1.85. The average Bonchev–Trinajstić information content (AvgIpc) is 2.48. The maximum Gasteiger partial charge on any atom is 0.0702 e. The Hall–Kier alpha value is -1.42. The topological polar surface area (TPSA) is 59.1 Å². The number of pyridine rings is 1. The molecule has 4 heteroatoms. The second kappa shape index (κ2) is 6.66. The predicted octanol–water partition coefficient (Wildman–Crippen LogP) is 2.35. The first kappa shape index (κ1) is 14.0. The quantitative estimate of drug-likeness (QED) is 0.824. The standard InChI is InChI=1S/C15H17ClN2O/c16-8-12-3-6-15(18-9-12)13-4-1-11(2-5-13)7-14(17)10-19/h1-6,9,14,19H,7-8,10,17H2. The molecule has 0 spiro atoms. The van der Waals surface area contributed by atoms with Crippen molar-refractivity contribution in [3.05, 3.63) is 53.7 Å². The van der Waals surface area contributed by atoms with Crippen molar-refractivity contribution in [2.75, 3.05) is 6.61 Å². The lowest BCUT2D eigenvalue weighted by Gasteiger charge is -2.08. The summed E-state index contributed by atoms with van der Waals surface area (Å²) in [5.74, 6) is 0.477. The zero-order valence-corrected chi connectivity index (χ0v) is 11.3. The zero-order chi connectivity index (χ0) is 13.7. The van der Waals surface area contributed by atoms with Crippen molar-refractivity contribution in [3.63, 3.8) is 0 Å². The molecule has 2 aromatic rings. The minimum atomic E-state index is -0.202.